The first-order chi connectivity index (χ1) is 8.27. The fourth-order valence-corrected chi connectivity index (χ4v) is 3.73. The third-order valence-electron chi connectivity index (χ3n) is 3.76. The summed E-state index contributed by atoms with van der Waals surface area (Å²) in [5.74, 6) is 6.21. The van der Waals surface area contributed by atoms with Gasteiger partial charge in [-0.25, -0.2) is 5.01 Å². The van der Waals surface area contributed by atoms with Gasteiger partial charge >= 0.3 is 0 Å². The molecule has 1 aliphatic heterocycles. The molecule has 0 aliphatic carbocycles. The highest BCUT2D eigenvalue weighted by Crippen LogP contribution is 2.35. The Morgan fingerprint density at radius 1 is 1.35 bits per heavy atom. The highest BCUT2D eigenvalue weighted by Gasteiger charge is 2.23. The van der Waals surface area contributed by atoms with E-state index in [-0.39, 0.29) is 0 Å². The molecule has 1 aliphatic rings. The van der Waals surface area contributed by atoms with E-state index in [0.717, 1.165) is 6.54 Å². The average Bonchev–Trinajstić information content (AvgIpc) is 2.82. The van der Waals surface area contributed by atoms with Crippen LogP contribution in [-0.4, -0.2) is 16.1 Å². The lowest BCUT2D eigenvalue weighted by Gasteiger charge is -2.24. The number of hydrogen-bond acceptors (Lipinski definition) is 3. The van der Waals surface area contributed by atoms with Gasteiger partial charge in [0.15, 0.2) is 0 Å². The molecule has 17 heavy (non-hydrogen) atoms. The maximum atomic E-state index is 6.21. The molecule has 3 rings (SSSR count). The second-order valence-corrected chi connectivity index (χ2v) is 5.83. The van der Waals surface area contributed by atoms with Crippen LogP contribution in [0.15, 0.2) is 17.6 Å². The topological polar surface area (TPSA) is 34.2 Å². The third kappa shape index (κ3) is 1.90. The Morgan fingerprint density at radius 3 is 3.12 bits per heavy atom. The molecule has 4 heteroatoms. The zero-order valence-electron chi connectivity index (χ0n) is 10.2. The quantitative estimate of drug-likeness (QED) is 0.788. The summed E-state index contributed by atoms with van der Waals surface area (Å²) in [6.07, 6.45) is 7.28. The molecule has 0 bridgehead atoms. The summed E-state index contributed by atoms with van der Waals surface area (Å²) in [5.41, 5.74) is 1.41. The van der Waals surface area contributed by atoms with Gasteiger partial charge in [0.25, 0.3) is 0 Å². The minimum absolute atomic E-state index is 0.399. The summed E-state index contributed by atoms with van der Waals surface area (Å²) in [6, 6.07) is 2.63. The Labute approximate surface area is 106 Å². The normalized spacial score (nSPS) is 23.1. The fourth-order valence-electron chi connectivity index (χ4n) is 2.86. The molecule has 1 atom stereocenters. The lowest BCUT2D eigenvalue weighted by Crippen LogP contribution is -2.34. The highest BCUT2D eigenvalue weighted by atomic mass is 32.1. The Kier molecular flexibility index (Phi) is 2.94. The summed E-state index contributed by atoms with van der Waals surface area (Å²) < 4.78 is 2.23. The van der Waals surface area contributed by atoms with Crippen molar-refractivity contribution in [2.24, 2.45) is 12.9 Å². The fraction of sp³-hybridized carbons (Fsp3) is 0.538. The first kappa shape index (κ1) is 11.3. The van der Waals surface area contributed by atoms with E-state index in [1.807, 2.05) is 16.3 Å². The summed E-state index contributed by atoms with van der Waals surface area (Å²) in [7, 11) is 2.12. The van der Waals surface area contributed by atoms with Gasteiger partial charge in [-0.2, -0.15) is 0 Å². The van der Waals surface area contributed by atoms with Crippen LogP contribution in [0, 0.1) is 0 Å². The maximum Gasteiger partial charge on any atom is 0.102 e. The number of rotatable bonds is 1. The number of aromatic nitrogens is 1. The number of hydrogen-bond donors (Lipinski definition) is 1. The predicted molar refractivity (Wildman–Crippen MR) is 72.9 cm³/mol. The van der Waals surface area contributed by atoms with Crippen molar-refractivity contribution in [3.8, 4) is 0 Å². The van der Waals surface area contributed by atoms with E-state index in [2.05, 4.69) is 29.3 Å². The van der Waals surface area contributed by atoms with Crippen LogP contribution in [0.25, 0.3) is 10.2 Å². The van der Waals surface area contributed by atoms with Gasteiger partial charge in [0.2, 0.25) is 0 Å². The van der Waals surface area contributed by atoms with Gasteiger partial charge < -0.3 is 4.57 Å². The van der Waals surface area contributed by atoms with Crippen LogP contribution in [0.5, 0.6) is 0 Å². The van der Waals surface area contributed by atoms with E-state index < -0.39 is 0 Å². The Balaban J connectivity index is 2.03. The van der Waals surface area contributed by atoms with Gasteiger partial charge in [0.1, 0.15) is 4.83 Å². The van der Waals surface area contributed by atoms with Crippen LogP contribution < -0.4 is 5.84 Å². The first-order valence-corrected chi connectivity index (χ1v) is 7.19. The Morgan fingerprint density at radius 2 is 2.24 bits per heavy atom. The third-order valence-corrected chi connectivity index (χ3v) is 4.77. The molecule has 0 spiro atoms. The van der Waals surface area contributed by atoms with Crippen molar-refractivity contribution in [3.63, 3.8) is 0 Å². The van der Waals surface area contributed by atoms with E-state index in [4.69, 9.17) is 5.84 Å². The van der Waals surface area contributed by atoms with Gasteiger partial charge in [-0.05, 0) is 29.9 Å². The van der Waals surface area contributed by atoms with Gasteiger partial charge in [-0.15, -0.1) is 11.3 Å². The van der Waals surface area contributed by atoms with Crippen molar-refractivity contribution in [1.29, 1.82) is 0 Å². The molecule has 0 amide bonds. The minimum atomic E-state index is 0.399. The average molecular weight is 249 g/mol. The van der Waals surface area contributed by atoms with Crippen LogP contribution >= 0.6 is 11.3 Å². The lowest BCUT2D eigenvalue weighted by molar-refractivity contribution is 0.207. The molecule has 3 nitrogen and oxygen atoms in total. The molecule has 0 saturated carbocycles. The molecule has 92 valence electrons. The van der Waals surface area contributed by atoms with Crippen LogP contribution in [-0.2, 0) is 7.05 Å². The number of hydrazine groups is 1. The van der Waals surface area contributed by atoms with Gasteiger partial charge in [0.05, 0.1) is 6.04 Å². The van der Waals surface area contributed by atoms with Crippen molar-refractivity contribution in [3.05, 3.63) is 23.2 Å². The maximum absolute atomic E-state index is 6.21. The van der Waals surface area contributed by atoms with E-state index in [1.54, 1.807) is 0 Å². The molecule has 3 heterocycles. The summed E-state index contributed by atoms with van der Waals surface area (Å²) in [6.45, 7) is 1.02. The minimum Gasteiger partial charge on any atom is -0.342 e. The molecular weight excluding hydrogens is 230 g/mol. The molecule has 1 saturated heterocycles. The van der Waals surface area contributed by atoms with Gasteiger partial charge in [0, 0.05) is 25.2 Å². The predicted octanol–water partition coefficient (Wildman–Crippen LogP) is 3.03. The molecule has 2 aromatic rings. The molecule has 1 fully saturated rings. The van der Waals surface area contributed by atoms with Crippen molar-refractivity contribution in [2.45, 2.75) is 31.7 Å². The van der Waals surface area contributed by atoms with Crippen LogP contribution in [0.2, 0.25) is 0 Å². The number of nitrogens with two attached hydrogens (primary N) is 1. The number of aryl methyl sites for hydroxylation is 1. The lowest BCUT2D eigenvalue weighted by atomic mass is 10.0. The number of nitrogens with zero attached hydrogens (tertiary/aromatic N) is 2. The zero-order chi connectivity index (χ0) is 11.8. The molecular formula is C13H19N3S. The molecule has 2 aromatic heterocycles. The van der Waals surface area contributed by atoms with Crippen molar-refractivity contribution in [1.82, 2.24) is 9.58 Å². The van der Waals surface area contributed by atoms with E-state index in [0.29, 0.717) is 6.04 Å². The smallest absolute Gasteiger partial charge is 0.102 e. The molecule has 1 unspecified atom stereocenters. The SMILES string of the molecule is Cn1cc(C2CCCCCN2N)c2ccsc21. The Hall–Kier alpha value is -0.840. The van der Waals surface area contributed by atoms with E-state index in [1.165, 1.54) is 41.5 Å². The number of fused-ring (bicyclic) bond motifs is 1. The van der Waals surface area contributed by atoms with Gasteiger partial charge in [-0.3, -0.25) is 5.84 Å². The van der Waals surface area contributed by atoms with E-state index in [9.17, 15) is 0 Å². The zero-order valence-corrected chi connectivity index (χ0v) is 11.0. The van der Waals surface area contributed by atoms with Crippen LogP contribution in [0.3, 0.4) is 0 Å². The highest BCUT2D eigenvalue weighted by molar-refractivity contribution is 7.16. The van der Waals surface area contributed by atoms with Crippen LogP contribution in [0.4, 0.5) is 0 Å². The molecule has 2 N–H and O–H groups in total. The number of thiophene rings is 1. The van der Waals surface area contributed by atoms with Gasteiger partial charge in [-0.1, -0.05) is 12.8 Å². The largest absolute Gasteiger partial charge is 0.342 e. The second kappa shape index (κ2) is 4.44. The van der Waals surface area contributed by atoms with Crippen molar-refractivity contribution >= 4 is 21.6 Å². The second-order valence-electron chi connectivity index (χ2n) is 4.94. The Bertz CT molecular complexity index is 514. The monoisotopic (exact) mass is 249 g/mol. The molecule has 0 aromatic carbocycles. The van der Waals surface area contributed by atoms with Crippen molar-refractivity contribution in [2.75, 3.05) is 6.54 Å². The summed E-state index contributed by atoms with van der Waals surface area (Å²) in [4.78, 5) is 1.36. The van der Waals surface area contributed by atoms with Crippen LogP contribution in [0.1, 0.15) is 37.3 Å². The summed E-state index contributed by atoms with van der Waals surface area (Å²) >= 11 is 1.81. The first-order valence-electron chi connectivity index (χ1n) is 6.31. The van der Waals surface area contributed by atoms with Crippen molar-refractivity contribution < 1.29 is 0 Å². The molecule has 0 radical (unpaired) electrons. The standard InChI is InChI=1S/C13H19N3S/c1-15-9-11(10-6-8-17-13(10)15)12-5-3-2-4-7-16(12)14/h6,8-9,12H,2-5,7,14H2,1H3. The summed E-state index contributed by atoms with van der Waals surface area (Å²) in [5, 5.41) is 5.60. The van der Waals surface area contributed by atoms with E-state index >= 15 is 0 Å².